The summed E-state index contributed by atoms with van der Waals surface area (Å²) >= 11 is 11.9. The molecule has 0 bridgehead atoms. The molecule has 0 aliphatic carbocycles. The molecule has 4 rings (SSSR count). The summed E-state index contributed by atoms with van der Waals surface area (Å²) in [7, 11) is 0. The highest BCUT2D eigenvalue weighted by molar-refractivity contribution is 6.42. The van der Waals surface area contributed by atoms with Gasteiger partial charge in [-0.1, -0.05) is 65.7 Å². The lowest BCUT2D eigenvalue weighted by Crippen LogP contribution is -1.98. The Morgan fingerprint density at radius 2 is 1.74 bits per heavy atom. The fourth-order valence-electron chi connectivity index (χ4n) is 3.30. The van der Waals surface area contributed by atoms with Crippen LogP contribution in [-0.4, -0.2) is 10.8 Å². The molecule has 1 aromatic heterocycles. The van der Waals surface area contributed by atoms with E-state index in [0.29, 0.717) is 22.4 Å². The van der Waals surface area contributed by atoms with Gasteiger partial charge in [0, 0.05) is 12.0 Å². The predicted octanol–water partition coefficient (Wildman–Crippen LogP) is 7.45. The van der Waals surface area contributed by atoms with E-state index in [4.69, 9.17) is 27.6 Å². The van der Waals surface area contributed by atoms with Crippen molar-refractivity contribution < 1.29 is 9.21 Å². The number of ketones is 1. The van der Waals surface area contributed by atoms with Crippen molar-refractivity contribution in [3.8, 4) is 22.6 Å². The molecule has 0 radical (unpaired) electrons. The van der Waals surface area contributed by atoms with E-state index in [0.717, 1.165) is 33.4 Å². The monoisotopic (exact) mass is 447 g/mol. The zero-order valence-electron chi connectivity index (χ0n) is 16.8. The predicted molar refractivity (Wildman–Crippen MR) is 126 cm³/mol. The molecule has 0 N–H and O–H groups in total. The molecule has 0 saturated carbocycles. The summed E-state index contributed by atoms with van der Waals surface area (Å²) < 4.78 is 5.41. The molecule has 1 heterocycles. The van der Waals surface area contributed by atoms with Crippen molar-refractivity contribution in [1.29, 1.82) is 0 Å². The lowest BCUT2D eigenvalue weighted by Gasteiger charge is -2.09. The SMILES string of the molecule is Cc1ccc(-c2ncco2)cc1-c1ccc(CC(=O)/C=C/c2ccc(Cl)c(Cl)c2)cc1. The van der Waals surface area contributed by atoms with Gasteiger partial charge in [0.2, 0.25) is 5.89 Å². The largest absolute Gasteiger partial charge is 0.445 e. The number of oxazole rings is 1. The number of hydrogen-bond acceptors (Lipinski definition) is 3. The van der Waals surface area contributed by atoms with Gasteiger partial charge in [-0.05, 0) is 65.1 Å². The summed E-state index contributed by atoms with van der Waals surface area (Å²) in [6.07, 6.45) is 6.84. The maximum Gasteiger partial charge on any atom is 0.225 e. The molecule has 3 nitrogen and oxygen atoms in total. The van der Waals surface area contributed by atoms with Crippen LogP contribution in [0.1, 0.15) is 16.7 Å². The van der Waals surface area contributed by atoms with Crippen LogP contribution in [0.2, 0.25) is 10.0 Å². The number of nitrogens with zero attached hydrogens (tertiary/aromatic N) is 1. The summed E-state index contributed by atoms with van der Waals surface area (Å²) in [6, 6.07) is 19.4. The summed E-state index contributed by atoms with van der Waals surface area (Å²) in [5.41, 5.74) is 6.05. The first-order chi connectivity index (χ1) is 15.0. The normalized spacial score (nSPS) is 11.2. The third kappa shape index (κ3) is 5.13. The summed E-state index contributed by atoms with van der Waals surface area (Å²) in [5, 5.41) is 0.959. The zero-order valence-corrected chi connectivity index (χ0v) is 18.3. The average molecular weight is 448 g/mol. The van der Waals surface area contributed by atoms with Gasteiger partial charge in [0.25, 0.3) is 0 Å². The standard InChI is InChI=1S/C26H19Cl2NO2/c1-17-2-7-21(26-29-12-13-31-26)16-23(17)20-8-3-18(4-9-20)14-22(30)10-5-19-6-11-24(27)25(28)15-19/h2-13,15-16H,14H2,1H3/b10-5+. The fraction of sp³-hybridized carbons (Fsp3) is 0.0769. The van der Waals surface area contributed by atoms with E-state index in [9.17, 15) is 4.79 Å². The highest BCUT2D eigenvalue weighted by Gasteiger charge is 2.09. The van der Waals surface area contributed by atoms with E-state index in [1.54, 1.807) is 36.7 Å². The first-order valence-electron chi connectivity index (χ1n) is 9.75. The van der Waals surface area contributed by atoms with Gasteiger partial charge < -0.3 is 4.42 Å². The Morgan fingerprint density at radius 3 is 2.45 bits per heavy atom. The van der Waals surface area contributed by atoms with Crippen LogP contribution < -0.4 is 0 Å². The summed E-state index contributed by atoms with van der Waals surface area (Å²) in [5.74, 6) is 0.609. The van der Waals surface area contributed by atoms with E-state index >= 15 is 0 Å². The second-order valence-corrected chi connectivity index (χ2v) is 8.03. The Kier molecular flexibility index (Phi) is 6.36. The van der Waals surface area contributed by atoms with E-state index < -0.39 is 0 Å². The Hall–Kier alpha value is -3.14. The van der Waals surface area contributed by atoms with Crippen molar-refractivity contribution in [2.24, 2.45) is 0 Å². The van der Waals surface area contributed by atoms with Crippen LogP contribution >= 0.6 is 23.2 Å². The number of aromatic nitrogens is 1. The minimum Gasteiger partial charge on any atom is -0.445 e. The minimum atomic E-state index is 0.0147. The third-order valence-corrected chi connectivity index (χ3v) is 5.70. The van der Waals surface area contributed by atoms with Gasteiger partial charge >= 0.3 is 0 Å². The molecule has 0 unspecified atom stereocenters. The lowest BCUT2D eigenvalue weighted by atomic mass is 9.96. The molecule has 5 heteroatoms. The summed E-state index contributed by atoms with van der Waals surface area (Å²) in [4.78, 5) is 16.6. The van der Waals surface area contributed by atoms with Crippen LogP contribution in [0.3, 0.4) is 0 Å². The van der Waals surface area contributed by atoms with Crippen LogP contribution in [0, 0.1) is 6.92 Å². The molecule has 0 saturated heterocycles. The second-order valence-electron chi connectivity index (χ2n) is 7.21. The Bertz CT molecular complexity index is 1240. The van der Waals surface area contributed by atoms with E-state index in [1.807, 2.05) is 36.4 Å². The molecule has 0 amide bonds. The molecule has 0 atom stereocenters. The highest BCUT2D eigenvalue weighted by Crippen LogP contribution is 2.29. The van der Waals surface area contributed by atoms with Crippen molar-refractivity contribution >= 4 is 35.1 Å². The second kappa shape index (κ2) is 9.34. The van der Waals surface area contributed by atoms with Crippen molar-refractivity contribution in [2.75, 3.05) is 0 Å². The van der Waals surface area contributed by atoms with Gasteiger partial charge in [-0.2, -0.15) is 0 Å². The molecule has 0 spiro atoms. The Balaban J connectivity index is 1.47. The van der Waals surface area contributed by atoms with Gasteiger partial charge in [-0.3, -0.25) is 4.79 Å². The number of carbonyl (C=O) groups excluding carboxylic acids is 1. The molecule has 3 aromatic carbocycles. The number of allylic oxidation sites excluding steroid dienone is 1. The van der Waals surface area contributed by atoms with Crippen molar-refractivity contribution in [3.63, 3.8) is 0 Å². The first kappa shape index (κ1) is 21.1. The maximum atomic E-state index is 12.4. The molecule has 0 fully saturated rings. The van der Waals surface area contributed by atoms with Gasteiger partial charge in [0.1, 0.15) is 6.26 Å². The fourth-order valence-corrected chi connectivity index (χ4v) is 3.61. The van der Waals surface area contributed by atoms with Gasteiger partial charge in [-0.25, -0.2) is 4.98 Å². The number of carbonyl (C=O) groups is 1. The summed E-state index contributed by atoms with van der Waals surface area (Å²) in [6.45, 7) is 2.07. The lowest BCUT2D eigenvalue weighted by molar-refractivity contribution is -0.113. The van der Waals surface area contributed by atoms with Gasteiger partial charge in [0.15, 0.2) is 5.78 Å². The van der Waals surface area contributed by atoms with Crippen LogP contribution in [0.4, 0.5) is 0 Å². The van der Waals surface area contributed by atoms with Gasteiger partial charge in [0.05, 0.1) is 16.2 Å². The van der Waals surface area contributed by atoms with E-state index in [-0.39, 0.29) is 5.78 Å². The van der Waals surface area contributed by atoms with Crippen LogP contribution in [-0.2, 0) is 11.2 Å². The first-order valence-corrected chi connectivity index (χ1v) is 10.5. The Morgan fingerprint density at radius 1 is 0.968 bits per heavy atom. The molecular weight excluding hydrogens is 429 g/mol. The number of benzene rings is 3. The molecular formula is C26H19Cl2NO2. The Labute approximate surface area is 191 Å². The van der Waals surface area contributed by atoms with Crippen molar-refractivity contribution in [3.05, 3.63) is 106 Å². The average Bonchev–Trinajstić information content (AvgIpc) is 3.31. The van der Waals surface area contributed by atoms with Crippen LogP contribution in [0.15, 0.2) is 83.6 Å². The number of halogens is 2. The zero-order chi connectivity index (χ0) is 21.8. The van der Waals surface area contributed by atoms with E-state index in [2.05, 4.69) is 24.0 Å². The smallest absolute Gasteiger partial charge is 0.225 e. The minimum absolute atomic E-state index is 0.0147. The van der Waals surface area contributed by atoms with Crippen molar-refractivity contribution in [1.82, 2.24) is 4.98 Å². The molecule has 154 valence electrons. The highest BCUT2D eigenvalue weighted by atomic mass is 35.5. The maximum absolute atomic E-state index is 12.4. The van der Waals surface area contributed by atoms with E-state index in [1.165, 1.54) is 0 Å². The number of hydrogen-bond donors (Lipinski definition) is 0. The van der Waals surface area contributed by atoms with Gasteiger partial charge in [-0.15, -0.1) is 0 Å². The number of aryl methyl sites for hydroxylation is 1. The molecule has 31 heavy (non-hydrogen) atoms. The quantitative estimate of drug-likeness (QED) is 0.288. The van der Waals surface area contributed by atoms with Crippen molar-refractivity contribution in [2.45, 2.75) is 13.3 Å². The molecule has 0 aliphatic heterocycles. The van der Waals surface area contributed by atoms with Crippen LogP contribution in [0.5, 0.6) is 0 Å². The molecule has 4 aromatic rings. The third-order valence-electron chi connectivity index (χ3n) is 4.97. The number of rotatable bonds is 6. The molecule has 0 aliphatic rings. The topological polar surface area (TPSA) is 43.1 Å². The van der Waals surface area contributed by atoms with Crippen LogP contribution in [0.25, 0.3) is 28.7 Å².